The Morgan fingerprint density at radius 1 is 1.19 bits per heavy atom. The van der Waals surface area contributed by atoms with Gasteiger partial charge in [-0.2, -0.15) is 5.10 Å². The van der Waals surface area contributed by atoms with Gasteiger partial charge in [0.25, 0.3) is 5.91 Å². The number of rotatable bonds is 6. The van der Waals surface area contributed by atoms with Crippen molar-refractivity contribution in [3.8, 4) is 22.6 Å². The second-order valence-electron chi connectivity index (χ2n) is 7.34. The van der Waals surface area contributed by atoms with Crippen molar-refractivity contribution in [2.24, 2.45) is 0 Å². The van der Waals surface area contributed by atoms with Gasteiger partial charge in [0, 0.05) is 30.3 Å². The maximum Gasteiger partial charge on any atom is 0.254 e. The van der Waals surface area contributed by atoms with Crippen molar-refractivity contribution in [2.75, 3.05) is 13.7 Å². The summed E-state index contributed by atoms with van der Waals surface area (Å²) < 4.78 is 33.5. The number of H-pyrrole nitrogens is 1. The molecule has 0 aliphatic carbocycles. The van der Waals surface area contributed by atoms with Gasteiger partial charge in [-0.05, 0) is 48.9 Å². The van der Waals surface area contributed by atoms with Crippen LogP contribution in [0.2, 0.25) is 0 Å². The van der Waals surface area contributed by atoms with Crippen molar-refractivity contribution in [1.29, 1.82) is 0 Å². The number of fused-ring (bicyclic) bond motifs is 1. The van der Waals surface area contributed by atoms with Gasteiger partial charge < -0.3 is 14.7 Å². The predicted octanol–water partition coefficient (Wildman–Crippen LogP) is 4.88. The molecule has 0 bridgehead atoms. The average molecular weight is 437 g/mol. The molecular formula is C24H21F2N3O3. The largest absolute Gasteiger partial charge is 0.505 e. The van der Waals surface area contributed by atoms with Gasteiger partial charge >= 0.3 is 0 Å². The highest BCUT2D eigenvalue weighted by Gasteiger charge is 2.19. The van der Waals surface area contributed by atoms with E-state index in [1.165, 1.54) is 29.3 Å². The molecule has 4 aromatic rings. The third-order valence-corrected chi connectivity index (χ3v) is 5.15. The molecule has 8 heteroatoms. The lowest BCUT2D eigenvalue weighted by atomic mass is 10.0. The van der Waals surface area contributed by atoms with Gasteiger partial charge in [0.15, 0.2) is 11.6 Å². The van der Waals surface area contributed by atoms with Crippen LogP contribution >= 0.6 is 0 Å². The maximum atomic E-state index is 14.1. The number of amides is 1. The summed E-state index contributed by atoms with van der Waals surface area (Å²) in [6.07, 6.45) is 1.29. The van der Waals surface area contributed by atoms with E-state index in [-0.39, 0.29) is 23.7 Å². The number of aromatic amines is 1. The number of phenols is 1. The number of aromatic hydroxyl groups is 1. The molecule has 2 N–H and O–H groups in total. The van der Waals surface area contributed by atoms with Gasteiger partial charge in [-0.15, -0.1) is 0 Å². The molecule has 0 unspecified atom stereocenters. The first kappa shape index (κ1) is 21.3. The Morgan fingerprint density at radius 2 is 2.00 bits per heavy atom. The van der Waals surface area contributed by atoms with E-state index >= 15 is 0 Å². The lowest BCUT2D eigenvalue weighted by molar-refractivity contribution is 0.0785. The number of phenolic OH excluding ortho intramolecular Hbond substituents is 1. The molecule has 6 nitrogen and oxygen atoms in total. The standard InChI is InChI=1S/C24H21F2N3O3/c1-3-32-21-11-15(7-8-18(21)14-5-4-6-17(25)9-14)24(31)29(2)13-16-10-20(30)22(26)19-12-27-28-23(16)19/h4-12,30H,3,13H2,1-2H3,(H,27,28). The normalized spacial score (nSPS) is 11.0. The van der Waals surface area contributed by atoms with E-state index in [1.807, 2.05) is 6.92 Å². The van der Waals surface area contributed by atoms with E-state index in [0.717, 1.165) is 0 Å². The van der Waals surface area contributed by atoms with Gasteiger partial charge in [-0.3, -0.25) is 9.89 Å². The second-order valence-corrected chi connectivity index (χ2v) is 7.34. The van der Waals surface area contributed by atoms with E-state index in [1.54, 1.807) is 37.4 Å². The first-order valence-electron chi connectivity index (χ1n) is 10.0. The average Bonchev–Trinajstić information content (AvgIpc) is 3.27. The van der Waals surface area contributed by atoms with E-state index in [2.05, 4.69) is 10.2 Å². The molecule has 3 aromatic carbocycles. The Bertz CT molecular complexity index is 1300. The summed E-state index contributed by atoms with van der Waals surface area (Å²) in [7, 11) is 1.60. The predicted molar refractivity (Wildman–Crippen MR) is 117 cm³/mol. The van der Waals surface area contributed by atoms with Gasteiger partial charge in [0.05, 0.1) is 23.7 Å². The van der Waals surface area contributed by atoms with Gasteiger partial charge in [0.1, 0.15) is 11.6 Å². The summed E-state index contributed by atoms with van der Waals surface area (Å²) in [5.41, 5.74) is 2.63. The van der Waals surface area contributed by atoms with E-state index in [9.17, 15) is 18.7 Å². The molecule has 32 heavy (non-hydrogen) atoms. The zero-order valence-electron chi connectivity index (χ0n) is 17.5. The van der Waals surface area contributed by atoms with Crippen LogP contribution in [0.4, 0.5) is 8.78 Å². The number of hydrogen-bond acceptors (Lipinski definition) is 4. The Labute approximate surface area is 183 Å². The number of carbonyl (C=O) groups excluding carboxylic acids is 1. The van der Waals surface area contributed by atoms with Gasteiger partial charge in [-0.25, -0.2) is 8.78 Å². The minimum absolute atomic E-state index is 0.112. The number of carbonyl (C=O) groups is 1. The van der Waals surface area contributed by atoms with Crippen LogP contribution in [0.5, 0.6) is 11.5 Å². The number of halogens is 2. The summed E-state index contributed by atoms with van der Waals surface area (Å²) >= 11 is 0. The fourth-order valence-corrected chi connectivity index (χ4v) is 3.63. The minimum Gasteiger partial charge on any atom is -0.505 e. The second kappa shape index (κ2) is 8.66. The molecule has 1 aromatic heterocycles. The molecule has 0 spiro atoms. The Balaban J connectivity index is 1.64. The third kappa shape index (κ3) is 3.99. The molecule has 4 rings (SSSR count). The third-order valence-electron chi connectivity index (χ3n) is 5.15. The zero-order valence-corrected chi connectivity index (χ0v) is 17.5. The highest BCUT2D eigenvalue weighted by molar-refractivity contribution is 5.96. The smallest absolute Gasteiger partial charge is 0.254 e. The number of hydrogen-bond donors (Lipinski definition) is 2. The Hall–Kier alpha value is -3.94. The molecule has 164 valence electrons. The minimum atomic E-state index is -0.763. The molecule has 1 heterocycles. The van der Waals surface area contributed by atoms with Crippen molar-refractivity contribution in [1.82, 2.24) is 15.1 Å². The summed E-state index contributed by atoms with van der Waals surface area (Å²) in [6.45, 7) is 2.32. The van der Waals surface area contributed by atoms with Crippen molar-refractivity contribution in [2.45, 2.75) is 13.5 Å². The van der Waals surface area contributed by atoms with Crippen LogP contribution in [0, 0.1) is 11.6 Å². The maximum absolute atomic E-state index is 14.1. The molecule has 0 aliphatic rings. The molecule has 0 fully saturated rings. The monoisotopic (exact) mass is 437 g/mol. The molecule has 0 saturated heterocycles. The molecule has 0 radical (unpaired) electrons. The quantitative estimate of drug-likeness (QED) is 0.451. The molecule has 0 aliphatic heterocycles. The summed E-state index contributed by atoms with van der Waals surface area (Å²) in [5, 5.41) is 16.6. The van der Waals surface area contributed by atoms with Crippen LogP contribution in [-0.4, -0.2) is 39.8 Å². The van der Waals surface area contributed by atoms with Gasteiger partial charge in [0.2, 0.25) is 0 Å². The number of ether oxygens (including phenoxy) is 1. The number of benzene rings is 3. The molecule has 1 amide bonds. The highest BCUT2D eigenvalue weighted by atomic mass is 19.1. The van der Waals surface area contributed by atoms with E-state index in [4.69, 9.17) is 4.74 Å². The summed E-state index contributed by atoms with van der Waals surface area (Å²) in [6, 6.07) is 12.4. The molecule has 0 saturated carbocycles. The zero-order chi connectivity index (χ0) is 22.8. The van der Waals surface area contributed by atoms with E-state index in [0.29, 0.717) is 40.1 Å². The summed E-state index contributed by atoms with van der Waals surface area (Å²) in [4.78, 5) is 14.5. The van der Waals surface area contributed by atoms with Crippen LogP contribution in [0.25, 0.3) is 22.0 Å². The lowest BCUT2D eigenvalue weighted by Crippen LogP contribution is -2.26. The first-order valence-corrected chi connectivity index (χ1v) is 10.0. The lowest BCUT2D eigenvalue weighted by Gasteiger charge is -2.19. The number of nitrogens with one attached hydrogen (secondary N) is 1. The SMILES string of the molecule is CCOc1cc(C(=O)N(C)Cc2cc(O)c(F)c3cn[nH]c23)ccc1-c1cccc(F)c1. The fraction of sp³-hybridized carbons (Fsp3) is 0.167. The number of nitrogens with zero attached hydrogens (tertiary/aromatic N) is 2. The van der Waals surface area contributed by atoms with Crippen molar-refractivity contribution >= 4 is 16.8 Å². The highest BCUT2D eigenvalue weighted by Crippen LogP contribution is 2.32. The number of aromatic nitrogens is 2. The van der Waals surface area contributed by atoms with Crippen LogP contribution in [0.1, 0.15) is 22.8 Å². The van der Waals surface area contributed by atoms with Crippen molar-refractivity contribution < 1.29 is 23.4 Å². The Kier molecular flexibility index (Phi) is 5.77. The van der Waals surface area contributed by atoms with Crippen LogP contribution in [-0.2, 0) is 6.54 Å². The van der Waals surface area contributed by atoms with Crippen LogP contribution < -0.4 is 4.74 Å². The molecule has 0 atom stereocenters. The summed E-state index contributed by atoms with van der Waals surface area (Å²) in [5.74, 6) is -1.47. The van der Waals surface area contributed by atoms with Gasteiger partial charge in [-0.1, -0.05) is 12.1 Å². The van der Waals surface area contributed by atoms with Crippen molar-refractivity contribution in [3.63, 3.8) is 0 Å². The van der Waals surface area contributed by atoms with E-state index < -0.39 is 11.6 Å². The Morgan fingerprint density at radius 3 is 2.75 bits per heavy atom. The first-order chi connectivity index (χ1) is 15.4. The molecular weight excluding hydrogens is 416 g/mol. The van der Waals surface area contributed by atoms with Crippen molar-refractivity contribution in [3.05, 3.63) is 77.5 Å². The fourth-order valence-electron chi connectivity index (χ4n) is 3.63. The topological polar surface area (TPSA) is 78.4 Å². The van der Waals surface area contributed by atoms with Crippen LogP contribution in [0.3, 0.4) is 0 Å². The van der Waals surface area contributed by atoms with Crippen LogP contribution in [0.15, 0.2) is 54.7 Å².